The van der Waals surface area contributed by atoms with Crippen LogP contribution in [0.2, 0.25) is 0 Å². The summed E-state index contributed by atoms with van der Waals surface area (Å²) in [5.41, 5.74) is 0. The number of ether oxygens (including phenoxy) is 1. The third-order valence-corrected chi connectivity index (χ3v) is 4.97. The Kier molecular flexibility index (Phi) is 7.93. The first-order valence-electron chi connectivity index (χ1n) is 8.53. The van der Waals surface area contributed by atoms with Crippen LogP contribution in [0.3, 0.4) is 0 Å². The molecule has 0 spiro atoms. The lowest BCUT2D eigenvalue weighted by molar-refractivity contribution is -0.121. The molecule has 0 saturated carbocycles. The van der Waals surface area contributed by atoms with Crippen molar-refractivity contribution in [2.75, 3.05) is 32.0 Å². The Hall–Kier alpha value is -1.19. The summed E-state index contributed by atoms with van der Waals surface area (Å²) in [5, 5.41) is 15.1. The molecule has 1 fully saturated rings. The molecule has 1 saturated heterocycles. The van der Waals surface area contributed by atoms with Crippen molar-refractivity contribution in [2.45, 2.75) is 50.4 Å². The van der Waals surface area contributed by atoms with Crippen molar-refractivity contribution in [1.29, 1.82) is 0 Å². The molecule has 1 aromatic heterocycles. The van der Waals surface area contributed by atoms with E-state index in [9.17, 15) is 4.79 Å². The second kappa shape index (κ2) is 9.95. The highest BCUT2D eigenvalue weighted by Crippen LogP contribution is 2.14. The van der Waals surface area contributed by atoms with E-state index < -0.39 is 0 Å². The number of carbonyl (C=O) groups is 1. The van der Waals surface area contributed by atoms with E-state index in [1.807, 2.05) is 0 Å². The molecule has 1 aliphatic heterocycles. The number of hydrogen-bond donors (Lipinski definition) is 1. The van der Waals surface area contributed by atoms with Crippen molar-refractivity contribution in [1.82, 2.24) is 30.4 Å². The lowest BCUT2D eigenvalue weighted by atomic mass is 10.0. The van der Waals surface area contributed by atoms with Gasteiger partial charge < -0.3 is 15.0 Å². The lowest BCUT2D eigenvalue weighted by Gasteiger charge is -2.32. The van der Waals surface area contributed by atoms with Crippen LogP contribution >= 0.6 is 11.8 Å². The van der Waals surface area contributed by atoms with Crippen LogP contribution in [0.5, 0.6) is 0 Å². The molecule has 24 heavy (non-hydrogen) atoms. The minimum absolute atomic E-state index is 0.110. The summed E-state index contributed by atoms with van der Waals surface area (Å²) in [6.45, 7) is 7.91. The van der Waals surface area contributed by atoms with Gasteiger partial charge in [0.2, 0.25) is 11.1 Å². The number of rotatable bonds is 9. The molecule has 136 valence electrons. The normalized spacial score (nSPS) is 16.7. The van der Waals surface area contributed by atoms with Crippen molar-refractivity contribution < 1.29 is 9.53 Å². The molecule has 0 aliphatic carbocycles. The van der Waals surface area contributed by atoms with E-state index in [-0.39, 0.29) is 12.0 Å². The van der Waals surface area contributed by atoms with Gasteiger partial charge in [0.15, 0.2) is 0 Å². The molecule has 0 radical (unpaired) electrons. The molecule has 0 atom stereocenters. The summed E-state index contributed by atoms with van der Waals surface area (Å²) in [6.07, 6.45) is 2.79. The van der Waals surface area contributed by atoms with Crippen molar-refractivity contribution in [3.8, 4) is 0 Å². The second-order valence-corrected chi connectivity index (χ2v) is 7.35. The third kappa shape index (κ3) is 6.74. The molecule has 0 aromatic carbocycles. The molecule has 0 unspecified atom stereocenters. The fraction of sp³-hybridized carbons (Fsp3) is 0.867. The zero-order chi connectivity index (χ0) is 17.4. The average molecular weight is 356 g/mol. The molecule has 1 aromatic rings. The summed E-state index contributed by atoms with van der Waals surface area (Å²) in [6, 6.07) is 0.293. The van der Waals surface area contributed by atoms with Gasteiger partial charge in [-0.15, -0.1) is 5.10 Å². The van der Waals surface area contributed by atoms with Crippen LogP contribution in [0, 0.1) is 0 Å². The van der Waals surface area contributed by atoms with Crippen molar-refractivity contribution in [3.63, 3.8) is 0 Å². The van der Waals surface area contributed by atoms with E-state index >= 15 is 0 Å². The van der Waals surface area contributed by atoms with E-state index in [4.69, 9.17) is 4.74 Å². The number of piperidine rings is 1. The first kappa shape index (κ1) is 19.1. The van der Waals surface area contributed by atoms with Gasteiger partial charge in [-0.05, 0) is 37.1 Å². The highest BCUT2D eigenvalue weighted by atomic mass is 32.2. The Morgan fingerprint density at radius 1 is 1.42 bits per heavy atom. The van der Waals surface area contributed by atoms with Crippen LogP contribution < -0.4 is 5.32 Å². The van der Waals surface area contributed by atoms with Gasteiger partial charge in [0, 0.05) is 44.9 Å². The zero-order valence-corrected chi connectivity index (χ0v) is 15.6. The van der Waals surface area contributed by atoms with Crippen LogP contribution in [-0.2, 0) is 16.6 Å². The smallest absolute Gasteiger partial charge is 0.221 e. The second-order valence-electron chi connectivity index (χ2n) is 6.29. The quantitative estimate of drug-likeness (QED) is 0.652. The average Bonchev–Trinajstić information content (AvgIpc) is 2.94. The number of carbonyl (C=O) groups excluding carboxylic acids is 1. The summed E-state index contributed by atoms with van der Waals surface area (Å²) in [5.74, 6) is 0.796. The Morgan fingerprint density at radius 3 is 2.79 bits per heavy atom. The van der Waals surface area contributed by atoms with Gasteiger partial charge in [0.05, 0.1) is 12.7 Å². The maximum atomic E-state index is 12.0. The van der Waals surface area contributed by atoms with Crippen LogP contribution in [0.4, 0.5) is 0 Å². The van der Waals surface area contributed by atoms with E-state index in [0.717, 1.165) is 44.2 Å². The van der Waals surface area contributed by atoms with Gasteiger partial charge >= 0.3 is 0 Å². The molecule has 1 N–H and O–H groups in total. The first-order chi connectivity index (χ1) is 11.5. The number of hydrogen-bond acceptors (Lipinski definition) is 7. The molecule has 1 amide bonds. The number of tetrazole rings is 1. The molecule has 2 heterocycles. The van der Waals surface area contributed by atoms with Gasteiger partial charge in [0.25, 0.3) is 0 Å². The van der Waals surface area contributed by atoms with Gasteiger partial charge in [-0.2, -0.15) is 0 Å². The number of aryl methyl sites for hydroxylation is 1. The van der Waals surface area contributed by atoms with Crippen molar-refractivity contribution >= 4 is 17.7 Å². The SMILES string of the molecule is CC(C)OCCN1CCC(NC(=O)CCSc2nnnn2C)CC1. The van der Waals surface area contributed by atoms with Gasteiger partial charge in [-0.1, -0.05) is 11.8 Å². The van der Waals surface area contributed by atoms with Gasteiger partial charge in [-0.25, -0.2) is 4.68 Å². The highest BCUT2D eigenvalue weighted by Gasteiger charge is 2.20. The minimum atomic E-state index is 0.110. The van der Waals surface area contributed by atoms with E-state index in [1.165, 1.54) is 11.8 Å². The zero-order valence-electron chi connectivity index (χ0n) is 14.8. The monoisotopic (exact) mass is 356 g/mol. The topological polar surface area (TPSA) is 85.2 Å². The van der Waals surface area contributed by atoms with Crippen molar-refractivity contribution in [2.24, 2.45) is 7.05 Å². The van der Waals surface area contributed by atoms with E-state index in [0.29, 0.717) is 18.2 Å². The minimum Gasteiger partial charge on any atom is -0.377 e. The van der Waals surface area contributed by atoms with Crippen LogP contribution in [0.15, 0.2) is 5.16 Å². The molecule has 1 aliphatic rings. The Bertz CT molecular complexity index is 502. The van der Waals surface area contributed by atoms with Gasteiger partial charge in [0.1, 0.15) is 0 Å². The fourth-order valence-electron chi connectivity index (χ4n) is 2.60. The van der Waals surface area contributed by atoms with Gasteiger partial charge in [-0.3, -0.25) is 4.79 Å². The number of nitrogens with one attached hydrogen (secondary N) is 1. The number of aromatic nitrogens is 4. The Labute approximate surface area is 147 Å². The highest BCUT2D eigenvalue weighted by molar-refractivity contribution is 7.99. The lowest BCUT2D eigenvalue weighted by Crippen LogP contribution is -2.45. The summed E-state index contributed by atoms with van der Waals surface area (Å²) >= 11 is 1.50. The molecular weight excluding hydrogens is 328 g/mol. The standard InChI is InChI=1S/C15H28N6O2S/c1-12(2)23-10-9-21-7-4-13(5-8-21)16-14(22)6-11-24-15-17-18-19-20(15)3/h12-13H,4-11H2,1-3H3,(H,16,22). The molecule has 8 nitrogen and oxygen atoms in total. The molecule has 2 rings (SSSR count). The number of nitrogens with zero attached hydrogens (tertiary/aromatic N) is 5. The van der Waals surface area contributed by atoms with E-state index in [2.05, 4.69) is 39.6 Å². The third-order valence-electron chi connectivity index (χ3n) is 3.95. The summed E-state index contributed by atoms with van der Waals surface area (Å²) in [4.78, 5) is 14.4. The summed E-state index contributed by atoms with van der Waals surface area (Å²) < 4.78 is 7.20. The largest absolute Gasteiger partial charge is 0.377 e. The maximum absolute atomic E-state index is 12.0. The summed E-state index contributed by atoms with van der Waals surface area (Å²) in [7, 11) is 1.79. The first-order valence-corrected chi connectivity index (χ1v) is 9.51. The fourth-order valence-corrected chi connectivity index (χ4v) is 3.38. The van der Waals surface area contributed by atoms with Crippen LogP contribution in [0.1, 0.15) is 33.1 Å². The molecule has 9 heteroatoms. The number of thioether (sulfide) groups is 1. The van der Waals surface area contributed by atoms with Crippen molar-refractivity contribution in [3.05, 3.63) is 0 Å². The molecule has 0 bridgehead atoms. The predicted octanol–water partition coefficient (Wildman–Crippen LogP) is 0.698. The Morgan fingerprint density at radius 2 is 2.17 bits per heavy atom. The van der Waals surface area contributed by atoms with Crippen LogP contribution in [0.25, 0.3) is 0 Å². The number of likely N-dealkylation sites (tertiary alicyclic amines) is 1. The predicted molar refractivity (Wildman–Crippen MR) is 92.8 cm³/mol. The van der Waals surface area contributed by atoms with E-state index in [1.54, 1.807) is 11.7 Å². The van der Waals surface area contributed by atoms with Crippen LogP contribution in [-0.4, -0.2) is 75.2 Å². The Balaban J connectivity index is 1.56. The maximum Gasteiger partial charge on any atom is 0.221 e. The number of amides is 1. The molecular formula is C15H28N6O2S.